The molecule has 0 fully saturated rings. The number of hydrogen-bond donors (Lipinski definition) is 2. The maximum absolute atomic E-state index is 12.1. The van der Waals surface area contributed by atoms with Crippen LogP contribution in [-0.4, -0.2) is 31.1 Å². The van der Waals surface area contributed by atoms with E-state index in [1.807, 2.05) is 6.07 Å². The number of fused-ring (bicyclic) bond motifs is 1. The molecule has 0 radical (unpaired) electrons. The molecule has 0 aliphatic heterocycles. The zero-order chi connectivity index (χ0) is 17.5. The molecule has 1 aliphatic rings. The summed E-state index contributed by atoms with van der Waals surface area (Å²) >= 11 is 1.44. The van der Waals surface area contributed by atoms with Crippen molar-refractivity contribution in [1.82, 2.24) is 10.6 Å². The molecule has 1 aromatic heterocycles. The fourth-order valence-corrected chi connectivity index (χ4v) is 3.72. The Balaban J connectivity index is 1.83. The van der Waals surface area contributed by atoms with Crippen LogP contribution in [0.25, 0.3) is 0 Å². The van der Waals surface area contributed by atoms with Crippen LogP contribution in [-0.2, 0) is 22.4 Å². The highest BCUT2D eigenvalue weighted by Crippen LogP contribution is 2.33. The molecular formula is C17H22N2O4S. The quantitative estimate of drug-likeness (QED) is 0.610. The number of carbonyl (C=O) groups excluding carboxylic acids is 3. The van der Waals surface area contributed by atoms with Crippen molar-refractivity contribution in [3.63, 3.8) is 0 Å². The Labute approximate surface area is 145 Å². The zero-order valence-electron chi connectivity index (χ0n) is 13.7. The number of aryl methyl sites for hydroxylation is 1. The molecule has 0 saturated heterocycles. The lowest BCUT2D eigenvalue weighted by Crippen LogP contribution is -2.41. The van der Waals surface area contributed by atoms with Crippen molar-refractivity contribution in [2.24, 2.45) is 5.92 Å². The van der Waals surface area contributed by atoms with Crippen molar-refractivity contribution in [3.8, 4) is 0 Å². The smallest absolute Gasteiger partial charge is 0.348 e. The Morgan fingerprint density at radius 2 is 2.25 bits per heavy atom. The summed E-state index contributed by atoms with van der Waals surface area (Å²) in [6.07, 6.45) is 5.78. The van der Waals surface area contributed by atoms with Gasteiger partial charge in [0.15, 0.2) is 6.61 Å². The first-order valence-electron chi connectivity index (χ1n) is 8.00. The first kappa shape index (κ1) is 18.2. The molecule has 0 spiro atoms. The van der Waals surface area contributed by atoms with Crippen molar-refractivity contribution < 1.29 is 19.1 Å². The minimum Gasteiger partial charge on any atom is -0.451 e. The number of thiophene rings is 1. The maximum Gasteiger partial charge on any atom is 0.348 e. The molecule has 0 saturated carbocycles. The minimum absolute atomic E-state index is 0.248. The van der Waals surface area contributed by atoms with Crippen LogP contribution in [0.5, 0.6) is 0 Å². The Morgan fingerprint density at radius 3 is 2.96 bits per heavy atom. The van der Waals surface area contributed by atoms with Crippen molar-refractivity contribution in [2.75, 3.05) is 13.2 Å². The monoisotopic (exact) mass is 350 g/mol. The SMILES string of the molecule is C=CCNC(=O)NC(=O)COC(=O)c1cc2c(s1)CC[C@H](CC)C2. The van der Waals surface area contributed by atoms with E-state index in [9.17, 15) is 14.4 Å². The first-order valence-corrected chi connectivity index (χ1v) is 8.82. The van der Waals surface area contributed by atoms with Crippen molar-refractivity contribution in [1.29, 1.82) is 0 Å². The van der Waals surface area contributed by atoms with E-state index in [1.54, 1.807) is 0 Å². The van der Waals surface area contributed by atoms with E-state index >= 15 is 0 Å². The Hall–Kier alpha value is -2.15. The molecule has 1 aromatic rings. The highest BCUT2D eigenvalue weighted by molar-refractivity contribution is 7.14. The predicted octanol–water partition coefficient (Wildman–Crippen LogP) is 2.43. The van der Waals surface area contributed by atoms with Crippen molar-refractivity contribution >= 4 is 29.2 Å². The minimum atomic E-state index is -0.669. The van der Waals surface area contributed by atoms with E-state index in [-0.39, 0.29) is 6.54 Å². The van der Waals surface area contributed by atoms with Crippen LogP contribution in [0.2, 0.25) is 0 Å². The van der Waals surface area contributed by atoms with Gasteiger partial charge in [-0.3, -0.25) is 10.1 Å². The van der Waals surface area contributed by atoms with Crippen LogP contribution >= 0.6 is 11.3 Å². The molecule has 0 bridgehead atoms. The van der Waals surface area contributed by atoms with Crippen LogP contribution in [0, 0.1) is 5.92 Å². The summed E-state index contributed by atoms with van der Waals surface area (Å²) in [6, 6.07) is 1.23. The second kappa shape index (κ2) is 8.63. The van der Waals surface area contributed by atoms with Gasteiger partial charge < -0.3 is 10.1 Å². The average Bonchev–Trinajstić information content (AvgIpc) is 3.00. The Morgan fingerprint density at radius 1 is 1.46 bits per heavy atom. The summed E-state index contributed by atoms with van der Waals surface area (Å²) in [7, 11) is 0. The summed E-state index contributed by atoms with van der Waals surface area (Å²) in [5.74, 6) is -0.516. The third-order valence-corrected chi connectivity index (χ3v) is 5.17. The van der Waals surface area contributed by atoms with Crippen molar-refractivity contribution in [2.45, 2.75) is 32.6 Å². The van der Waals surface area contributed by atoms with Gasteiger partial charge in [-0.15, -0.1) is 17.9 Å². The van der Waals surface area contributed by atoms with Gasteiger partial charge in [-0.05, 0) is 36.8 Å². The normalized spacial score (nSPS) is 16.0. The average molecular weight is 350 g/mol. The standard InChI is InChI=1S/C17H22N2O4S/c1-3-7-18-17(22)19-15(20)10-23-16(21)14-9-12-8-11(4-2)5-6-13(12)24-14/h3,9,11H,1,4-8,10H2,2H3,(H2,18,19,20,22)/t11-/m0/s1. The number of hydrogen-bond acceptors (Lipinski definition) is 5. The molecule has 24 heavy (non-hydrogen) atoms. The van der Waals surface area contributed by atoms with Crippen molar-refractivity contribution in [3.05, 3.63) is 34.0 Å². The van der Waals surface area contributed by atoms with Gasteiger partial charge in [0.1, 0.15) is 4.88 Å². The van der Waals surface area contributed by atoms with E-state index in [2.05, 4.69) is 24.1 Å². The molecule has 2 N–H and O–H groups in total. The number of ether oxygens (including phenoxy) is 1. The maximum atomic E-state index is 12.1. The number of amides is 3. The van der Waals surface area contributed by atoms with Crippen LogP contribution in [0.3, 0.4) is 0 Å². The third-order valence-electron chi connectivity index (χ3n) is 3.96. The molecule has 3 amide bonds. The molecule has 1 atom stereocenters. The lowest BCUT2D eigenvalue weighted by atomic mass is 9.87. The summed E-state index contributed by atoms with van der Waals surface area (Å²) in [5.41, 5.74) is 1.22. The molecular weight excluding hydrogens is 328 g/mol. The lowest BCUT2D eigenvalue weighted by molar-refractivity contribution is -0.123. The predicted molar refractivity (Wildman–Crippen MR) is 92.1 cm³/mol. The Kier molecular flexibility index (Phi) is 6.54. The number of nitrogens with one attached hydrogen (secondary N) is 2. The van der Waals surface area contributed by atoms with Gasteiger partial charge in [-0.25, -0.2) is 9.59 Å². The molecule has 7 heteroatoms. The van der Waals surface area contributed by atoms with Gasteiger partial charge in [-0.2, -0.15) is 0 Å². The van der Waals surface area contributed by atoms with E-state index in [1.165, 1.54) is 27.9 Å². The number of imide groups is 1. The highest BCUT2D eigenvalue weighted by Gasteiger charge is 2.23. The van der Waals surface area contributed by atoms with Gasteiger partial charge in [0.25, 0.3) is 5.91 Å². The van der Waals surface area contributed by atoms with E-state index < -0.39 is 24.5 Å². The highest BCUT2D eigenvalue weighted by atomic mass is 32.1. The van der Waals surface area contributed by atoms with Crippen LogP contribution < -0.4 is 10.6 Å². The van der Waals surface area contributed by atoms with Gasteiger partial charge >= 0.3 is 12.0 Å². The van der Waals surface area contributed by atoms with Gasteiger partial charge in [0.05, 0.1) is 0 Å². The summed E-state index contributed by atoms with van der Waals surface area (Å²) in [6.45, 7) is 5.39. The number of urea groups is 1. The molecule has 130 valence electrons. The topological polar surface area (TPSA) is 84.5 Å². The van der Waals surface area contributed by atoms with Gasteiger partial charge in [0.2, 0.25) is 0 Å². The second-order valence-electron chi connectivity index (χ2n) is 5.70. The fourth-order valence-electron chi connectivity index (χ4n) is 2.62. The lowest BCUT2D eigenvalue weighted by Gasteiger charge is -2.19. The fraction of sp³-hybridized carbons (Fsp3) is 0.471. The second-order valence-corrected chi connectivity index (χ2v) is 6.84. The summed E-state index contributed by atoms with van der Waals surface area (Å²) in [4.78, 5) is 36.7. The molecule has 1 aliphatic carbocycles. The van der Waals surface area contributed by atoms with Crippen LogP contribution in [0.4, 0.5) is 4.79 Å². The zero-order valence-corrected chi connectivity index (χ0v) is 14.5. The third kappa shape index (κ3) is 4.92. The number of esters is 1. The summed E-state index contributed by atoms with van der Waals surface area (Å²) in [5, 5.41) is 4.47. The molecule has 1 heterocycles. The van der Waals surface area contributed by atoms with Crippen LogP contribution in [0.15, 0.2) is 18.7 Å². The number of rotatable bonds is 6. The van der Waals surface area contributed by atoms with E-state index in [0.29, 0.717) is 10.8 Å². The molecule has 6 nitrogen and oxygen atoms in total. The van der Waals surface area contributed by atoms with Gasteiger partial charge in [-0.1, -0.05) is 19.4 Å². The molecule has 2 rings (SSSR count). The van der Waals surface area contributed by atoms with Crippen LogP contribution in [0.1, 0.15) is 39.9 Å². The molecule has 0 aromatic carbocycles. The largest absolute Gasteiger partial charge is 0.451 e. The Bertz CT molecular complexity index is 639. The van der Waals surface area contributed by atoms with E-state index in [4.69, 9.17) is 4.74 Å². The van der Waals surface area contributed by atoms with E-state index in [0.717, 1.165) is 25.7 Å². The number of carbonyl (C=O) groups is 3. The van der Waals surface area contributed by atoms with Gasteiger partial charge in [0, 0.05) is 11.4 Å². The molecule has 0 unspecified atom stereocenters. The first-order chi connectivity index (χ1) is 11.5. The summed E-state index contributed by atoms with van der Waals surface area (Å²) < 4.78 is 4.99.